The quantitative estimate of drug-likeness (QED) is 0.847. The lowest BCUT2D eigenvalue weighted by molar-refractivity contribution is 0.353. The summed E-state index contributed by atoms with van der Waals surface area (Å²) < 4.78 is 10.7. The SMILES string of the molecule is CC[C@@H](NCc1cccnc1)c1ccc(OC)c(OC)c1. The summed E-state index contributed by atoms with van der Waals surface area (Å²) in [7, 11) is 3.31. The van der Waals surface area contributed by atoms with Crippen molar-refractivity contribution in [2.75, 3.05) is 14.2 Å². The highest BCUT2D eigenvalue weighted by Crippen LogP contribution is 2.30. The molecule has 0 fully saturated rings. The molecule has 2 rings (SSSR count). The van der Waals surface area contributed by atoms with Crippen molar-refractivity contribution in [1.82, 2.24) is 10.3 Å². The van der Waals surface area contributed by atoms with Crippen molar-refractivity contribution >= 4 is 0 Å². The largest absolute Gasteiger partial charge is 0.493 e. The van der Waals surface area contributed by atoms with Gasteiger partial charge >= 0.3 is 0 Å². The van der Waals surface area contributed by atoms with Crippen LogP contribution >= 0.6 is 0 Å². The zero-order valence-electron chi connectivity index (χ0n) is 12.8. The van der Waals surface area contributed by atoms with Gasteiger partial charge in [-0.2, -0.15) is 0 Å². The van der Waals surface area contributed by atoms with Crippen LogP contribution in [0.3, 0.4) is 0 Å². The zero-order valence-corrected chi connectivity index (χ0v) is 12.8. The maximum absolute atomic E-state index is 5.37. The first-order valence-corrected chi connectivity index (χ1v) is 7.12. The van der Waals surface area contributed by atoms with E-state index in [-0.39, 0.29) is 6.04 Å². The number of benzene rings is 1. The molecule has 0 aliphatic rings. The van der Waals surface area contributed by atoms with E-state index in [0.29, 0.717) is 0 Å². The summed E-state index contributed by atoms with van der Waals surface area (Å²) in [5, 5.41) is 3.55. The number of rotatable bonds is 7. The van der Waals surface area contributed by atoms with Crippen molar-refractivity contribution in [3.63, 3.8) is 0 Å². The van der Waals surface area contributed by atoms with Crippen LogP contribution in [0.4, 0.5) is 0 Å². The minimum Gasteiger partial charge on any atom is -0.493 e. The fourth-order valence-electron chi connectivity index (χ4n) is 2.31. The molecule has 0 aliphatic carbocycles. The first-order chi connectivity index (χ1) is 10.3. The van der Waals surface area contributed by atoms with E-state index in [0.717, 1.165) is 24.5 Å². The molecule has 0 saturated carbocycles. The molecule has 1 aromatic carbocycles. The summed E-state index contributed by atoms with van der Waals surface area (Å²) in [6, 6.07) is 10.3. The van der Waals surface area contributed by atoms with Gasteiger partial charge in [-0.05, 0) is 35.7 Å². The number of pyridine rings is 1. The number of nitrogens with zero attached hydrogens (tertiary/aromatic N) is 1. The maximum atomic E-state index is 5.37. The fourth-order valence-corrected chi connectivity index (χ4v) is 2.31. The van der Waals surface area contributed by atoms with Crippen LogP contribution in [-0.4, -0.2) is 19.2 Å². The van der Waals surface area contributed by atoms with Crippen LogP contribution in [0, 0.1) is 0 Å². The highest BCUT2D eigenvalue weighted by Gasteiger charge is 2.12. The molecule has 112 valence electrons. The molecule has 4 nitrogen and oxygen atoms in total. The minimum absolute atomic E-state index is 0.269. The Hall–Kier alpha value is -2.07. The Labute approximate surface area is 126 Å². The van der Waals surface area contributed by atoms with E-state index in [1.165, 1.54) is 11.1 Å². The first-order valence-electron chi connectivity index (χ1n) is 7.12. The summed E-state index contributed by atoms with van der Waals surface area (Å²) >= 11 is 0. The van der Waals surface area contributed by atoms with Crippen LogP contribution in [0.5, 0.6) is 11.5 Å². The topological polar surface area (TPSA) is 43.4 Å². The van der Waals surface area contributed by atoms with Gasteiger partial charge in [-0.25, -0.2) is 0 Å². The van der Waals surface area contributed by atoms with Crippen LogP contribution in [0.15, 0.2) is 42.7 Å². The number of ether oxygens (including phenoxy) is 2. The van der Waals surface area contributed by atoms with E-state index in [4.69, 9.17) is 9.47 Å². The van der Waals surface area contributed by atoms with E-state index in [2.05, 4.69) is 29.4 Å². The molecule has 4 heteroatoms. The van der Waals surface area contributed by atoms with E-state index in [1.54, 1.807) is 20.4 Å². The summed E-state index contributed by atoms with van der Waals surface area (Å²) in [6.45, 7) is 2.96. The summed E-state index contributed by atoms with van der Waals surface area (Å²) in [5.41, 5.74) is 2.37. The minimum atomic E-state index is 0.269. The average Bonchev–Trinajstić information content (AvgIpc) is 2.56. The second-order valence-electron chi connectivity index (χ2n) is 4.82. The van der Waals surface area contributed by atoms with Crippen LogP contribution in [0.2, 0.25) is 0 Å². The molecule has 0 aliphatic heterocycles. The van der Waals surface area contributed by atoms with Crippen LogP contribution in [-0.2, 0) is 6.54 Å². The molecule has 0 spiro atoms. The van der Waals surface area contributed by atoms with Crippen molar-refractivity contribution in [3.05, 3.63) is 53.9 Å². The van der Waals surface area contributed by atoms with E-state index < -0.39 is 0 Å². The number of hydrogen-bond acceptors (Lipinski definition) is 4. The second-order valence-corrected chi connectivity index (χ2v) is 4.82. The number of methoxy groups -OCH3 is 2. The summed E-state index contributed by atoms with van der Waals surface area (Å²) in [4.78, 5) is 4.13. The summed E-state index contributed by atoms with van der Waals surface area (Å²) in [5.74, 6) is 1.51. The molecule has 1 heterocycles. The maximum Gasteiger partial charge on any atom is 0.161 e. The molecule has 0 bridgehead atoms. The molecule has 0 radical (unpaired) electrons. The smallest absolute Gasteiger partial charge is 0.161 e. The predicted octanol–water partition coefficient (Wildman–Crippen LogP) is 3.34. The lowest BCUT2D eigenvalue weighted by Gasteiger charge is -2.19. The molecular formula is C17H22N2O2. The molecule has 1 aromatic heterocycles. The normalized spacial score (nSPS) is 12.0. The van der Waals surface area contributed by atoms with Gasteiger partial charge in [-0.3, -0.25) is 4.98 Å². The van der Waals surface area contributed by atoms with Crippen molar-refractivity contribution in [2.24, 2.45) is 0 Å². The first kappa shape index (κ1) is 15.3. The summed E-state index contributed by atoms with van der Waals surface area (Å²) in [6.07, 6.45) is 4.67. The highest BCUT2D eigenvalue weighted by atomic mass is 16.5. The van der Waals surface area contributed by atoms with E-state index >= 15 is 0 Å². The molecule has 1 atom stereocenters. The van der Waals surface area contributed by atoms with Gasteiger partial charge in [0.15, 0.2) is 11.5 Å². The van der Waals surface area contributed by atoms with E-state index in [9.17, 15) is 0 Å². The Morgan fingerprint density at radius 1 is 1.14 bits per heavy atom. The predicted molar refractivity (Wildman–Crippen MR) is 83.7 cm³/mol. The average molecular weight is 286 g/mol. The van der Waals surface area contributed by atoms with Gasteiger partial charge in [-0.1, -0.05) is 19.1 Å². The van der Waals surface area contributed by atoms with Crippen molar-refractivity contribution in [1.29, 1.82) is 0 Å². The van der Waals surface area contributed by atoms with Gasteiger partial charge in [0.1, 0.15) is 0 Å². The Morgan fingerprint density at radius 3 is 2.57 bits per heavy atom. The third kappa shape index (κ3) is 3.95. The Kier molecular flexibility index (Phi) is 5.58. The number of nitrogens with one attached hydrogen (secondary N) is 1. The Bertz CT molecular complexity index is 558. The van der Waals surface area contributed by atoms with Gasteiger partial charge in [0, 0.05) is 25.0 Å². The Morgan fingerprint density at radius 2 is 1.95 bits per heavy atom. The lowest BCUT2D eigenvalue weighted by Crippen LogP contribution is -2.20. The van der Waals surface area contributed by atoms with Crippen LogP contribution < -0.4 is 14.8 Å². The second kappa shape index (κ2) is 7.64. The van der Waals surface area contributed by atoms with Gasteiger partial charge in [0.2, 0.25) is 0 Å². The molecule has 0 amide bonds. The molecule has 1 N–H and O–H groups in total. The zero-order chi connectivity index (χ0) is 15.1. The van der Waals surface area contributed by atoms with Crippen LogP contribution in [0.1, 0.15) is 30.5 Å². The van der Waals surface area contributed by atoms with E-state index in [1.807, 2.05) is 24.4 Å². The highest BCUT2D eigenvalue weighted by molar-refractivity contribution is 5.43. The van der Waals surface area contributed by atoms with Crippen molar-refractivity contribution < 1.29 is 9.47 Å². The Balaban J connectivity index is 2.10. The van der Waals surface area contributed by atoms with Gasteiger partial charge in [0.25, 0.3) is 0 Å². The van der Waals surface area contributed by atoms with Gasteiger partial charge in [0.05, 0.1) is 14.2 Å². The monoisotopic (exact) mass is 286 g/mol. The van der Waals surface area contributed by atoms with Gasteiger partial charge in [-0.15, -0.1) is 0 Å². The fraction of sp³-hybridized carbons (Fsp3) is 0.353. The van der Waals surface area contributed by atoms with Crippen molar-refractivity contribution in [2.45, 2.75) is 25.9 Å². The standard InChI is InChI=1S/C17H22N2O2/c1-4-15(19-12-13-6-5-9-18-11-13)14-7-8-16(20-2)17(10-14)21-3/h5-11,15,19H,4,12H2,1-3H3/t15-/m1/s1. The third-order valence-corrected chi connectivity index (χ3v) is 3.49. The lowest BCUT2D eigenvalue weighted by atomic mass is 10.0. The molecule has 0 saturated heterocycles. The molecular weight excluding hydrogens is 264 g/mol. The molecule has 2 aromatic rings. The van der Waals surface area contributed by atoms with Crippen molar-refractivity contribution in [3.8, 4) is 11.5 Å². The number of hydrogen-bond donors (Lipinski definition) is 1. The number of aromatic nitrogens is 1. The third-order valence-electron chi connectivity index (χ3n) is 3.49. The van der Waals surface area contributed by atoms with Crippen LogP contribution in [0.25, 0.3) is 0 Å². The van der Waals surface area contributed by atoms with Gasteiger partial charge < -0.3 is 14.8 Å². The molecule has 21 heavy (non-hydrogen) atoms. The molecule has 0 unspecified atom stereocenters.